The number of ether oxygens (including phenoxy) is 2. The van der Waals surface area contributed by atoms with Crippen molar-refractivity contribution in [2.75, 3.05) is 32.9 Å². The number of hydrogen-bond acceptors (Lipinski definition) is 3. The minimum atomic E-state index is 0.110. The number of rotatable bonds is 6. The summed E-state index contributed by atoms with van der Waals surface area (Å²) in [6, 6.07) is 10.1. The molecule has 0 saturated carbocycles. The molecule has 0 amide bonds. The first-order chi connectivity index (χ1) is 9.95. The van der Waals surface area contributed by atoms with Crippen LogP contribution in [0.2, 0.25) is 0 Å². The third-order valence-corrected chi connectivity index (χ3v) is 4.29. The molecule has 0 unspecified atom stereocenters. The van der Waals surface area contributed by atoms with Crippen LogP contribution in [0.3, 0.4) is 0 Å². The lowest BCUT2D eigenvalue weighted by Gasteiger charge is -2.35. The van der Waals surface area contributed by atoms with E-state index < -0.39 is 0 Å². The van der Waals surface area contributed by atoms with Crippen LogP contribution in [0.4, 0.5) is 0 Å². The normalized spacial score (nSPS) is 23.4. The van der Waals surface area contributed by atoms with Crippen molar-refractivity contribution in [3.05, 3.63) is 30.3 Å². The molecule has 3 heteroatoms. The molecule has 0 radical (unpaired) electrons. The fourth-order valence-corrected chi connectivity index (χ4v) is 2.86. The zero-order valence-electron chi connectivity index (χ0n) is 13.9. The Morgan fingerprint density at radius 2 is 1.86 bits per heavy atom. The lowest BCUT2D eigenvalue weighted by molar-refractivity contribution is 0.0170. The van der Waals surface area contributed by atoms with Crippen molar-refractivity contribution >= 4 is 0 Å². The molecule has 1 atom stereocenters. The van der Waals surface area contributed by atoms with Gasteiger partial charge in [0.05, 0.1) is 13.2 Å². The van der Waals surface area contributed by atoms with Crippen LogP contribution in [-0.2, 0) is 4.74 Å². The molecule has 1 saturated heterocycles. The SMILES string of the molecule is CCOC[C@]1(COc2ccccc2)CCN(C(C)(C)C)C1. The number of hydrogen-bond donors (Lipinski definition) is 0. The monoisotopic (exact) mass is 291 g/mol. The zero-order chi connectivity index (χ0) is 15.3. The van der Waals surface area contributed by atoms with E-state index in [0.29, 0.717) is 0 Å². The third-order valence-electron chi connectivity index (χ3n) is 4.29. The van der Waals surface area contributed by atoms with E-state index in [1.807, 2.05) is 30.3 Å². The standard InChI is InChI=1S/C18H29NO2/c1-5-20-14-18(11-12-19(13-18)17(2,3)4)15-21-16-9-7-6-8-10-16/h6-10H,5,11-15H2,1-4H3/t18-/m0/s1. The lowest BCUT2D eigenvalue weighted by atomic mass is 9.89. The Morgan fingerprint density at radius 1 is 1.14 bits per heavy atom. The Balaban J connectivity index is 2.01. The smallest absolute Gasteiger partial charge is 0.119 e. The fraction of sp³-hybridized carbons (Fsp3) is 0.667. The van der Waals surface area contributed by atoms with Gasteiger partial charge in [-0.3, -0.25) is 4.90 Å². The molecule has 2 rings (SSSR count). The van der Waals surface area contributed by atoms with Crippen LogP contribution in [0.25, 0.3) is 0 Å². The molecule has 1 fully saturated rings. The summed E-state index contributed by atoms with van der Waals surface area (Å²) in [4.78, 5) is 2.54. The van der Waals surface area contributed by atoms with Crippen LogP contribution in [-0.4, -0.2) is 43.3 Å². The number of para-hydroxylation sites is 1. The zero-order valence-corrected chi connectivity index (χ0v) is 13.9. The summed E-state index contributed by atoms with van der Waals surface area (Å²) in [5, 5.41) is 0. The summed E-state index contributed by atoms with van der Waals surface area (Å²) in [6.45, 7) is 13.3. The van der Waals surface area contributed by atoms with Crippen molar-refractivity contribution in [2.45, 2.75) is 39.7 Å². The number of nitrogens with zero attached hydrogens (tertiary/aromatic N) is 1. The molecule has 1 heterocycles. The van der Waals surface area contributed by atoms with Crippen LogP contribution >= 0.6 is 0 Å². The minimum Gasteiger partial charge on any atom is -0.493 e. The molecular weight excluding hydrogens is 262 g/mol. The molecule has 1 aliphatic rings. The van der Waals surface area contributed by atoms with Gasteiger partial charge in [0.1, 0.15) is 5.75 Å². The first-order valence-corrected chi connectivity index (χ1v) is 7.96. The Kier molecular flexibility index (Phi) is 5.28. The maximum absolute atomic E-state index is 6.04. The summed E-state index contributed by atoms with van der Waals surface area (Å²) in [5.41, 5.74) is 0.319. The minimum absolute atomic E-state index is 0.110. The quantitative estimate of drug-likeness (QED) is 0.799. The maximum Gasteiger partial charge on any atom is 0.119 e. The highest BCUT2D eigenvalue weighted by Gasteiger charge is 2.42. The first-order valence-electron chi connectivity index (χ1n) is 7.96. The Labute approximate surface area is 129 Å². The second kappa shape index (κ2) is 6.80. The predicted octanol–water partition coefficient (Wildman–Crippen LogP) is 3.59. The third kappa shape index (κ3) is 4.45. The lowest BCUT2D eigenvalue weighted by Crippen LogP contribution is -2.43. The summed E-state index contributed by atoms with van der Waals surface area (Å²) >= 11 is 0. The Morgan fingerprint density at radius 3 is 2.43 bits per heavy atom. The van der Waals surface area contributed by atoms with Crippen LogP contribution in [0.15, 0.2) is 30.3 Å². The molecule has 0 aliphatic carbocycles. The van der Waals surface area contributed by atoms with Crippen molar-refractivity contribution in [1.29, 1.82) is 0 Å². The van der Waals surface area contributed by atoms with Gasteiger partial charge in [-0.15, -0.1) is 0 Å². The highest BCUT2D eigenvalue weighted by Crippen LogP contribution is 2.35. The Hall–Kier alpha value is -1.06. The van der Waals surface area contributed by atoms with Crippen LogP contribution < -0.4 is 4.74 Å². The van der Waals surface area contributed by atoms with Crippen molar-refractivity contribution in [3.63, 3.8) is 0 Å². The molecule has 0 N–H and O–H groups in total. The molecule has 0 aromatic heterocycles. The van der Waals surface area contributed by atoms with Gasteiger partial charge >= 0.3 is 0 Å². The second-order valence-electron chi connectivity index (χ2n) is 7.08. The van der Waals surface area contributed by atoms with E-state index >= 15 is 0 Å². The van der Waals surface area contributed by atoms with E-state index in [1.165, 1.54) is 0 Å². The first kappa shape index (κ1) is 16.3. The largest absolute Gasteiger partial charge is 0.493 e. The molecule has 0 bridgehead atoms. The number of likely N-dealkylation sites (tertiary alicyclic amines) is 1. The highest BCUT2D eigenvalue weighted by atomic mass is 16.5. The molecule has 3 nitrogen and oxygen atoms in total. The molecule has 118 valence electrons. The van der Waals surface area contributed by atoms with Gasteiger partial charge in [0, 0.05) is 24.1 Å². The summed E-state index contributed by atoms with van der Waals surface area (Å²) < 4.78 is 11.8. The molecule has 1 aliphatic heterocycles. The molecule has 0 spiro atoms. The van der Waals surface area contributed by atoms with Gasteiger partial charge in [0.15, 0.2) is 0 Å². The van der Waals surface area contributed by atoms with Crippen LogP contribution in [0, 0.1) is 5.41 Å². The van der Waals surface area contributed by atoms with Crippen molar-refractivity contribution in [1.82, 2.24) is 4.90 Å². The van der Waals surface area contributed by atoms with E-state index in [4.69, 9.17) is 9.47 Å². The van der Waals surface area contributed by atoms with Gasteiger partial charge in [-0.2, -0.15) is 0 Å². The second-order valence-corrected chi connectivity index (χ2v) is 7.08. The van der Waals surface area contributed by atoms with E-state index in [9.17, 15) is 0 Å². The molecule has 21 heavy (non-hydrogen) atoms. The van der Waals surface area contributed by atoms with E-state index in [1.54, 1.807) is 0 Å². The topological polar surface area (TPSA) is 21.7 Å². The summed E-state index contributed by atoms with van der Waals surface area (Å²) in [5.74, 6) is 0.947. The van der Waals surface area contributed by atoms with Gasteiger partial charge in [-0.05, 0) is 52.8 Å². The predicted molar refractivity (Wildman–Crippen MR) is 86.8 cm³/mol. The van der Waals surface area contributed by atoms with E-state index in [2.05, 4.69) is 32.6 Å². The maximum atomic E-state index is 6.04. The summed E-state index contributed by atoms with van der Waals surface area (Å²) in [7, 11) is 0. The van der Waals surface area contributed by atoms with Gasteiger partial charge in [0.25, 0.3) is 0 Å². The summed E-state index contributed by atoms with van der Waals surface area (Å²) in [6.07, 6.45) is 1.14. The molecule has 1 aromatic carbocycles. The van der Waals surface area contributed by atoms with E-state index in [-0.39, 0.29) is 11.0 Å². The molecular formula is C18H29NO2. The van der Waals surface area contributed by atoms with Crippen molar-refractivity contribution in [2.24, 2.45) is 5.41 Å². The average molecular weight is 291 g/mol. The van der Waals surface area contributed by atoms with E-state index in [0.717, 1.165) is 45.1 Å². The fourth-order valence-electron chi connectivity index (χ4n) is 2.86. The Bertz CT molecular complexity index is 427. The molecule has 1 aromatic rings. The van der Waals surface area contributed by atoms with Gasteiger partial charge in [-0.1, -0.05) is 18.2 Å². The van der Waals surface area contributed by atoms with Crippen molar-refractivity contribution in [3.8, 4) is 5.75 Å². The average Bonchev–Trinajstić information content (AvgIpc) is 2.89. The van der Waals surface area contributed by atoms with Crippen LogP contribution in [0.1, 0.15) is 34.1 Å². The van der Waals surface area contributed by atoms with Gasteiger partial charge in [-0.25, -0.2) is 0 Å². The van der Waals surface area contributed by atoms with Gasteiger partial charge < -0.3 is 9.47 Å². The number of benzene rings is 1. The highest BCUT2D eigenvalue weighted by molar-refractivity contribution is 5.21. The van der Waals surface area contributed by atoms with Crippen LogP contribution in [0.5, 0.6) is 5.75 Å². The van der Waals surface area contributed by atoms with Crippen molar-refractivity contribution < 1.29 is 9.47 Å². The van der Waals surface area contributed by atoms with Gasteiger partial charge in [0.2, 0.25) is 0 Å².